The highest BCUT2D eigenvalue weighted by Gasteiger charge is 2.17. The minimum atomic E-state index is -0.0600. The highest BCUT2D eigenvalue weighted by molar-refractivity contribution is 5.77. The molecule has 0 aliphatic heterocycles. The number of nitrogens with two attached hydrogens (primary N) is 1. The summed E-state index contributed by atoms with van der Waals surface area (Å²) in [6.45, 7) is 4.12. The van der Waals surface area contributed by atoms with Gasteiger partial charge < -0.3 is 15.8 Å². The first-order valence-corrected chi connectivity index (χ1v) is 7.30. The van der Waals surface area contributed by atoms with E-state index in [1.165, 1.54) is 0 Å². The lowest BCUT2D eigenvalue weighted by Crippen LogP contribution is -2.34. The molecule has 2 unspecified atom stereocenters. The van der Waals surface area contributed by atoms with Crippen molar-refractivity contribution in [3.63, 3.8) is 0 Å². The van der Waals surface area contributed by atoms with Crippen LogP contribution in [0.2, 0.25) is 0 Å². The third-order valence-electron chi connectivity index (χ3n) is 3.36. The summed E-state index contributed by atoms with van der Waals surface area (Å²) < 4.78 is 5.35. The Labute approximate surface area is 121 Å². The average Bonchev–Trinajstić information content (AvgIpc) is 2.45. The van der Waals surface area contributed by atoms with E-state index in [9.17, 15) is 4.79 Å². The SMILES string of the molecule is CCCC(N)CC(=O)NC(CC)c1ccccc1OC. The highest BCUT2D eigenvalue weighted by atomic mass is 16.5. The monoisotopic (exact) mass is 278 g/mol. The summed E-state index contributed by atoms with van der Waals surface area (Å²) in [5.74, 6) is 0.807. The molecule has 0 spiro atoms. The lowest BCUT2D eigenvalue weighted by molar-refractivity contribution is -0.122. The van der Waals surface area contributed by atoms with Crippen LogP contribution in [0.3, 0.4) is 0 Å². The van der Waals surface area contributed by atoms with Gasteiger partial charge in [0.1, 0.15) is 5.75 Å². The van der Waals surface area contributed by atoms with Crippen molar-refractivity contribution in [2.45, 2.75) is 51.6 Å². The van der Waals surface area contributed by atoms with E-state index in [0.29, 0.717) is 6.42 Å². The van der Waals surface area contributed by atoms with Crippen molar-refractivity contribution in [2.24, 2.45) is 5.73 Å². The van der Waals surface area contributed by atoms with Gasteiger partial charge in [0, 0.05) is 18.0 Å². The number of hydrogen-bond donors (Lipinski definition) is 2. The lowest BCUT2D eigenvalue weighted by atomic mass is 10.0. The van der Waals surface area contributed by atoms with E-state index < -0.39 is 0 Å². The number of rotatable bonds is 8. The molecule has 0 aromatic heterocycles. The number of para-hydroxylation sites is 1. The van der Waals surface area contributed by atoms with Gasteiger partial charge in [-0.25, -0.2) is 0 Å². The molecule has 0 heterocycles. The smallest absolute Gasteiger partial charge is 0.222 e. The highest BCUT2D eigenvalue weighted by Crippen LogP contribution is 2.26. The van der Waals surface area contributed by atoms with Crippen LogP contribution in [0, 0.1) is 0 Å². The molecule has 1 aromatic carbocycles. The van der Waals surface area contributed by atoms with Gasteiger partial charge in [0.2, 0.25) is 5.91 Å². The van der Waals surface area contributed by atoms with Crippen LogP contribution >= 0.6 is 0 Å². The fraction of sp³-hybridized carbons (Fsp3) is 0.562. The molecular formula is C16H26N2O2. The molecule has 1 rings (SSSR count). The molecule has 2 atom stereocenters. The van der Waals surface area contributed by atoms with E-state index in [-0.39, 0.29) is 18.0 Å². The zero-order valence-electron chi connectivity index (χ0n) is 12.7. The molecule has 0 aliphatic carbocycles. The van der Waals surface area contributed by atoms with E-state index in [2.05, 4.69) is 12.2 Å². The summed E-state index contributed by atoms with van der Waals surface area (Å²) in [7, 11) is 1.64. The zero-order valence-corrected chi connectivity index (χ0v) is 12.7. The standard InChI is InChI=1S/C16H26N2O2/c1-4-8-12(17)11-16(19)18-14(5-2)13-9-6-7-10-15(13)20-3/h6-7,9-10,12,14H,4-5,8,11,17H2,1-3H3,(H,18,19). The van der Waals surface area contributed by atoms with Gasteiger partial charge in [-0.1, -0.05) is 38.5 Å². The van der Waals surface area contributed by atoms with Crippen LogP contribution in [-0.2, 0) is 4.79 Å². The molecule has 1 aromatic rings. The molecule has 3 N–H and O–H groups in total. The predicted octanol–water partition coefficient (Wildman–Crippen LogP) is 2.78. The lowest BCUT2D eigenvalue weighted by Gasteiger charge is -2.21. The molecule has 0 radical (unpaired) electrons. The normalized spacial score (nSPS) is 13.6. The fourth-order valence-corrected chi connectivity index (χ4v) is 2.32. The fourth-order valence-electron chi connectivity index (χ4n) is 2.32. The summed E-state index contributed by atoms with van der Waals surface area (Å²) in [6.07, 6.45) is 3.06. The van der Waals surface area contributed by atoms with E-state index in [1.807, 2.05) is 31.2 Å². The van der Waals surface area contributed by atoms with Gasteiger partial charge in [-0.2, -0.15) is 0 Å². The second-order valence-electron chi connectivity index (χ2n) is 5.02. The number of methoxy groups -OCH3 is 1. The summed E-state index contributed by atoms with van der Waals surface area (Å²) in [5.41, 5.74) is 6.92. The molecule has 112 valence electrons. The van der Waals surface area contributed by atoms with Gasteiger partial charge >= 0.3 is 0 Å². The van der Waals surface area contributed by atoms with Crippen molar-refractivity contribution in [2.75, 3.05) is 7.11 Å². The number of ether oxygens (including phenoxy) is 1. The van der Waals surface area contributed by atoms with Crippen LogP contribution in [-0.4, -0.2) is 19.1 Å². The second kappa shape index (κ2) is 8.59. The average molecular weight is 278 g/mol. The summed E-state index contributed by atoms with van der Waals surface area (Å²) >= 11 is 0. The Morgan fingerprint density at radius 2 is 2.05 bits per heavy atom. The maximum absolute atomic E-state index is 12.0. The number of carbonyl (C=O) groups is 1. The Hall–Kier alpha value is -1.55. The van der Waals surface area contributed by atoms with Crippen molar-refractivity contribution in [3.05, 3.63) is 29.8 Å². The van der Waals surface area contributed by atoms with Gasteiger partial charge in [-0.05, 0) is 18.9 Å². The van der Waals surface area contributed by atoms with Crippen LogP contribution in [0.25, 0.3) is 0 Å². The molecule has 0 bridgehead atoms. The number of amides is 1. The Morgan fingerprint density at radius 3 is 2.65 bits per heavy atom. The Balaban J connectivity index is 2.69. The molecule has 0 saturated carbocycles. The maximum atomic E-state index is 12.0. The van der Waals surface area contributed by atoms with E-state index in [1.54, 1.807) is 7.11 Å². The summed E-state index contributed by atoms with van der Waals surface area (Å²) in [5, 5.41) is 3.05. The number of carbonyl (C=O) groups excluding carboxylic acids is 1. The first kappa shape index (κ1) is 16.5. The third-order valence-corrected chi connectivity index (χ3v) is 3.36. The first-order chi connectivity index (χ1) is 9.62. The van der Waals surface area contributed by atoms with Crippen molar-refractivity contribution < 1.29 is 9.53 Å². The predicted molar refractivity (Wildman–Crippen MR) is 81.7 cm³/mol. The maximum Gasteiger partial charge on any atom is 0.222 e. The summed E-state index contributed by atoms with van der Waals surface area (Å²) in [4.78, 5) is 12.0. The number of hydrogen-bond acceptors (Lipinski definition) is 3. The third kappa shape index (κ3) is 4.85. The molecule has 4 heteroatoms. The van der Waals surface area contributed by atoms with Crippen molar-refractivity contribution in [3.8, 4) is 5.75 Å². The van der Waals surface area contributed by atoms with Crippen molar-refractivity contribution in [1.29, 1.82) is 0 Å². The zero-order chi connectivity index (χ0) is 15.0. The number of benzene rings is 1. The Morgan fingerprint density at radius 1 is 1.35 bits per heavy atom. The minimum absolute atomic E-state index is 0.00343. The van der Waals surface area contributed by atoms with Gasteiger partial charge in [0.15, 0.2) is 0 Å². The largest absolute Gasteiger partial charge is 0.496 e. The van der Waals surface area contributed by atoms with Gasteiger partial charge in [-0.15, -0.1) is 0 Å². The van der Waals surface area contributed by atoms with E-state index in [0.717, 1.165) is 30.6 Å². The molecule has 1 amide bonds. The van der Waals surface area contributed by atoms with Gasteiger partial charge in [0.25, 0.3) is 0 Å². The quantitative estimate of drug-likeness (QED) is 0.768. The van der Waals surface area contributed by atoms with Crippen LogP contribution < -0.4 is 15.8 Å². The molecule has 20 heavy (non-hydrogen) atoms. The topological polar surface area (TPSA) is 64.4 Å². The molecule has 0 fully saturated rings. The van der Waals surface area contributed by atoms with Crippen molar-refractivity contribution >= 4 is 5.91 Å². The molecule has 0 aliphatic rings. The van der Waals surface area contributed by atoms with Crippen LogP contribution in [0.15, 0.2) is 24.3 Å². The second-order valence-corrected chi connectivity index (χ2v) is 5.02. The van der Waals surface area contributed by atoms with E-state index in [4.69, 9.17) is 10.5 Å². The Kier molecular flexibility index (Phi) is 7.09. The van der Waals surface area contributed by atoms with Gasteiger partial charge in [-0.3, -0.25) is 4.79 Å². The molecule has 0 saturated heterocycles. The Bertz CT molecular complexity index is 421. The number of nitrogens with one attached hydrogen (secondary N) is 1. The van der Waals surface area contributed by atoms with Crippen molar-refractivity contribution in [1.82, 2.24) is 5.32 Å². The molecule has 4 nitrogen and oxygen atoms in total. The minimum Gasteiger partial charge on any atom is -0.496 e. The van der Waals surface area contributed by atoms with Crippen LogP contribution in [0.5, 0.6) is 5.75 Å². The van der Waals surface area contributed by atoms with Crippen LogP contribution in [0.4, 0.5) is 0 Å². The van der Waals surface area contributed by atoms with Crippen LogP contribution in [0.1, 0.15) is 51.1 Å². The summed E-state index contributed by atoms with van der Waals surface area (Å²) in [6, 6.07) is 7.68. The van der Waals surface area contributed by atoms with E-state index >= 15 is 0 Å². The molecular weight excluding hydrogens is 252 g/mol. The van der Waals surface area contributed by atoms with Gasteiger partial charge in [0.05, 0.1) is 13.2 Å². The first-order valence-electron chi connectivity index (χ1n) is 7.30.